The fraction of sp³-hybridized carbons (Fsp3) is 0.625. The molecule has 1 aromatic carbocycles. The largest absolute Gasteiger partial charge is 0.320 e. The summed E-state index contributed by atoms with van der Waals surface area (Å²) in [6.45, 7) is 5.66. The summed E-state index contributed by atoms with van der Waals surface area (Å²) < 4.78 is 0. The molecule has 0 aromatic heterocycles. The number of hydrogen-bond donors (Lipinski definition) is 1. The van der Waals surface area contributed by atoms with Gasteiger partial charge >= 0.3 is 0 Å². The molecular weight excluding hydrogens is 220 g/mol. The third kappa shape index (κ3) is 6.18. The summed E-state index contributed by atoms with van der Waals surface area (Å²) in [5.41, 5.74) is 2.92. The zero-order valence-corrected chi connectivity index (χ0v) is 12.2. The van der Waals surface area contributed by atoms with Crippen molar-refractivity contribution in [3.05, 3.63) is 35.4 Å². The first kappa shape index (κ1) is 15.2. The van der Waals surface area contributed by atoms with E-state index in [1.807, 2.05) is 7.05 Å². The first-order valence-corrected chi connectivity index (χ1v) is 7.17. The van der Waals surface area contributed by atoms with E-state index in [9.17, 15) is 0 Å². The van der Waals surface area contributed by atoms with E-state index in [0.717, 1.165) is 19.5 Å². The molecule has 0 saturated heterocycles. The normalized spacial score (nSPS) is 11.1. The van der Waals surface area contributed by atoms with E-state index < -0.39 is 0 Å². The third-order valence-electron chi connectivity index (χ3n) is 3.31. The minimum atomic E-state index is 1.11. The van der Waals surface area contributed by atoms with Gasteiger partial charge in [0.05, 0.1) is 0 Å². The fourth-order valence-corrected chi connectivity index (χ4v) is 2.12. The van der Waals surface area contributed by atoms with Crippen molar-refractivity contribution in [1.82, 2.24) is 10.2 Å². The first-order valence-electron chi connectivity index (χ1n) is 7.17. The predicted molar refractivity (Wildman–Crippen MR) is 80.2 cm³/mol. The second kappa shape index (κ2) is 9.12. The van der Waals surface area contributed by atoms with Gasteiger partial charge < -0.3 is 10.2 Å². The van der Waals surface area contributed by atoms with Gasteiger partial charge in [-0.25, -0.2) is 0 Å². The van der Waals surface area contributed by atoms with Gasteiger partial charge in [-0.3, -0.25) is 0 Å². The van der Waals surface area contributed by atoms with Crippen LogP contribution in [0.4, 0.5) is 0 Å². The molecule has 0 unspecified atom stereocenters. The predicted octanol–water partition coefficient (Wildman–Crippen LogP) is 2.72. The van der Waals surface area contributed by atoms with Gasteiger partial charge in [0.2, 0.25) is 0 Å². The van der Waals surface area contributed by atoms with E-state index in [2.05, 4.69) is 48.5 Å². The molecule has 2 heteroatoms. The van der Waals surface area contributed by atoms with E-state index in [0.29, 0.717) is 0 Å². The topological polar surface area (TPSA) is 15.3 Å². The maximum absolute atomic E-state index is 3.19. The van der Waals surface area contributed by atoms with Gasteiger partial charge in [0.15, 0.2) is 0 Å². The van der Waals surface area contributed by atoms with Crippen LogP contribution in [0.15, 0.2) is 24.3 Å². The molecule has 0 fully saturated rings. The third-order valence-corrected chi connectivity index (χ3v) is 3.31. The smallest absolute Gasteiger partial charge is 0.00188 e. The molecule has 0 aliphatic carbocycles. The van der Waals surface area contributed by atoms with Gasteiger partial charge in [0.25, 0.3) is 0 Å². The number of benzene rings is 1. The Morgan fingerprint density at radius 1 is 1.00 bits per heavy atom. The fourth-order valence-electron chi connectivity index (χ4n) is 2.12. The quantitative estimate of drug-likeness (QED) is 0.676. The molecule has 1 rings (SSSR count). The minimum absolute atomic E-state index is 1.11. The Bertz CT molecular complexity index is 305. The monoisotopic (exact) mass is 248 g/mol. The molecule has 0 spiro atoms. The van der Waals surface area contributed by atoms with E-state index in [4.69, 9.17) is 0 Å². The summed E-state index contributed by atoms with van der Waals surface area (Å²) in [4.78, 5) is 2.41. The molecule has 0 saturated carbocycles. The van der Waals surface area contributed by atoms with E-state index in [1.165, 1.54) is 36.9 Å². The summed E-state index contributed by atoms with van der Waals surface area (Å²) >= 11 is 0. The molecule has 102 valence electrons. The maximum Gasteiger partial charge on any atom is 0.00188 e. The highest BCUT2D eigenvalue weighted by Crippen LogP contribution is 2.07. The van der Waals surface area contributed by atoms with Gasteiger partial charge in [0, 0.05) is 6.54 Å². The Morgan fingerprint density at radius 3 is 2.17 bits per heavy atom. The second-order valence-electron chi connectivity index (χ2n) is 5.08. The maximum atomic E-state index is 3.19. The Balaban J connectivity index is 2.25. The number of nitrogens with one attached hydrogen (secondary N) is 1. The van der Waals surface area contributed by atoms with Gasteiger partial charge in [-0.15, -0.1) is 0 Å². The zero-order chi connectivity index (χ0) is 13.2. The summed E-state index contributed by atoms with van der Waals surface area (Å²) in [7, 11) is 4.22. The van der Waals surface area contributed by atoms with Crippen molar-refractivity contribution in [3.8, 4) is 0 Å². The first-order chi connectivity index (χ1) is 8.76. The molecule has 0 atom stereocenters. The molecule has 18 heavy (non-hydrogen) atoms. The summed E-state index contributed by atoms with van der Waals surface area (Å²) in [5.74, 6) is 0. The van der Waals surface area contributed by atoms with Crippen molar-refractivity contribution in [2.45, 2.75) is 32.6 Å². The van der Waals surface area contributed by atoms with Gasteiger partial charge in [-0.2, -0.15) is 0 Å². The molecule has 0 aliphatic heterocycles. The van der Waals surface area contributed by atoms with Crippen LogP contribution in [0.5, 0.6) is 0 Å². The molecular formula is C16H28N2. The van der Waals surface area contributed by atoms with Crippen molar-refractivity contribution in [3.63, 3.8) is 0 Å². The van der Waals surface area contributed by atoms with Crippen molar-refractivity contribution in [2.75, 3.05) is 33.7 Å². The van der Waals surface area contributed by atoms with Gasteiger partial charge in [-0.1, -0.05) is 37.6 Å². The van der Waals surface area contributed by atoms with Crippen LogP contribution in [-0.4, -0.2) is 38.6 Å². The molecule has 0 radical (unpaired) electrons. The van der Waals surface area contributed by atoms with Crippen LogP contribution in [0.1, 0.15) is 30.9 Å². The Morgan fingerprint density at radius 2 is 1.61 bits per heavy atom. The van der Waals surface area contributed by atoms with Gasteiger partial charge in [-0.05, 0) is 57.6 Å². The minimum Gasteiger partial charge on any atom is -0.320 e. The van der Waals surface area contributed by atoms with Crippen molar-refractivity contribution in [2.24, 2.45) is 0 Å². The lowest BCUT2D eigenvalue weighted by Gasteiger charge is -2.16. The van der Waals surface area contributed by atoms with E-state index in [1.54, 1.807) is 0 Å². The molecule has 1 aromatic rings. The lowest BCUT2D eigenvalue weighted by molar-refractivity contribution is 0.332. The number of likely N-dealkylation sites (N-methyl/N-ethyl adjacent to an activating group) is 1. The number of rotatable bonds is 9. The van der Waals surface area contributed by atoms with Crippen molar-refractivity contribution >= 4 is 0 Å². The Kier molecular flexibility index (Phi) is 7.70. The van der Waals surface area contributed by atoms with Crippen LogP contribution >= 0.6 is 0 Å². The lowest BCUT2D eigenvalue weighted by atomic mass is 10.1. The summed E-state index contributed by atoms with van der Waals surface area (Å²) in [6.07, 6.45) is 4.81. The molecule has 0 amide bonds. The molecule has 1 N–H and O–H groups in total. The zero-order valence-electron chi connectivity index (χ0n) is 12.2. The highest BCUT2D eigenvalue weighted by atomic mass is 15.1. The molecule has 2 nitrogen and oxygen atoms in total. The van der Waals surface area contributed by atoms with E-state index in [-0.39, 0.29) is 0 Å². The summed E-state index contributed by atoms with van der Waals surface area (Å²) in [6, 6.07) is 9.12. The van der Waals surface area contributed by atoms with Crippen LogP contribution in [-0.2, 0) is 12.8 Å². The summed E-state index contributed by atoms with van der Waals surface area (Å²) in [5, 5.41) is 3.19. The highest BCUT2D eigenvalue weighted by molar-refractivity contribution is 5.22. The molecule has 0 bridgehead atoms. The van der Waals surface area contributed by atoms with Crippen LogP contribution in [0, 0.1) is 0 Å². The molecule has 0 aliphatic rings. The van der Waals surface area contributed by atoms with E-state index >= 15 is 0 Å². The SMILES string of the molecule is CCCc1ccc(CCN(C)CCCNC)cc1. The Hall–Kier alpha value is -0.860. The number of hydrogen-bond acceptors (Lipinski definition) is 2. The number of nitrogens with zero attached hydrogens (tertiary/aromatic N) is 1. The lowest BCUT2D eigenvalue weighted by Crippen LogP contribution is -2.24. The highest BCUT2D eigenvalue weighted by Gasteiger charge is 1.99. The average molecular weight is 248 g/mol. The van der Waals surface area contributed by atoms with Crippen LogP contribution in [0.25, 0.3) is 0 Å². The van der Waals surface area contributed by atoms with Crippen molar-refractivity contribution in [1.29, 1.82) is 0 Å². The average Bonchev–Trinajstić information content (AvgIpc) is 2.39. The van der Waals surface area contributed by atoms with Gasteiger partial charge in [0.1, 0.15) is 0 Å². The standard InChI is InChI=1S/C16H28N2/c1-4-6-15-7-9-16(10-8-15)11-14-18(3)13-5-12-17-2/h7-10,17H,4-6,11-14H2,1-3H3. The second-order valence-corrected chi connectivity index (χ2v) is 5.08. The van der Waals surface area contributed by atoms with Crippen LogP contribution in [0.3, 0.4) is 0 Å². The van der Waals surface area contributed by atoms with Crippen molar-refractivity contribution < 1.29 is 0 Å². The van der Waals surface area contributed by atoms with Crippen LogP contribution < -0.4 is 5.32 Å². The molecule has 0 heterocycles. The number of aryl methyl sites for hydroxylation is 1. The van der Waals surface area contributed by atoms with Crippen LogP contribution in [0.2, 0.25) is 0 Å². The Labute approximate surface area is 112 Å².